The van der Waals surface area contributed by atoms with E-state index < -0.39 is 0 Å². The van der Waals surface area contributed by atoms with Gasteiger partial charge in [-0.3, -0.25) is 9.59 Å². The van der Waals surface area contributed by atoms with Gasteiger partial charge in [0.1, 0.15) is 0 Å². The molecule has 2 aliphatic carbocycles. The molecule has 156 valence electrons. The molecule has 2 saturated carbocycles. The zero-order valence-electron chi connectivity index (χ0n) is 16.9. The van der Waals surface area contributed by atoms with Crippen molar-refractivity contribution in [2.24, 2.45) is 29.4 Å². The van der Waals surface area contributed by atoms with Crippen molar-refractivity contribution in [1.82, 2.24) is 5.32 Å². The first-order valence-electron chi connectivity index (χ1n) is 10.4. The third-order valence-corrected chi connectivity index (χ3v) is 6.51. The summed E-state index contributed by atoms with van der Waals surface area (Å²) in [7, 11) is 0. The molecule has 0 heterocycles. The molecule has 4 N–H and O–H groups in total. The summed E-state index contributed by atoms with van der Waals surface area (Å²) in [6.45, 7) is 4.41. The van der Waals surface area contributed by atoms with E-state index in [1.807, 2.05) is 38.1 Å². The van der Waals surface area contributed by atoms with Gasteiger partial charge in [0.25, 0.3) is 0 Å². The van der Waals surface area contributed by atoms with E-state index in [2.05, 4.69) is 10.6 Å². The number of nitrogens with two attached hydrogens (primary N) is 1. The SMILES string of the molecule is CCC(C)C(=O)Nc1cccc(CNC(=O)C2CC3CCCC(C2)C3N)c1.Cl. The fraction of sp³-hybridized carbons (Fsp3) is 0.636. The maximum Gasteiger partial charge on any atom is 0.227 e. The lowest BCUT2D eigenvalue weighted by Crippen LogP contribution is -2.49. The van der Waals surface area contributed by atoms with Crippen LogP contribution in [-0.4, -0.2) is 17.9 Å². The van der Waals surface area contributed by atoms with Crippen LogP contribution in [0.3, 0.4) is 0 Å². The van der Waals surface area contributed by atoms with Crippen LogP contribution >= 0.6 is 12.4 Å². The van der Waals surface area contributed by atoms with Crippen molar-refractivity contribution in [2.45, 2.75) is 65.0 Å². The van der Waals surface area contributed by atoms with E-state index in [4.69, 9.17) is 5.73 Å². The summed E-state index contributed by atoms with van der Waals surface area (Å²) in [6, 6.07) is 8.00. The largest absolute Gasteiger partial charge is 0.352 e. The van der Waals surface area contributed by atoms with E-state index in [1.54, 1.807) is 0 Å². The fourth-order valence-electron chi connectivity index (χ4n) is 4.55. The minimum Gasteiger partial charge on any atom is -0.352 e. The van der Waals surface area contributed by atoms with Crippen molar-refractivity contribution in [1.29, 1.82) is 0 Å². The Morgan fingerprint density at radius 2 is 1.89 bits per heavy atom. The quantitative estimate of drug-likeness (QED) is 0.669. The average Bonchev–Trinajstić information content (AvgIpc) is 2.65. The van der Waals surface area contributed by atoms with Gasteiger partial charge >= 0.3 is 0 Å². The summed E-state index contributed by atoms with van der Waals surface area (Å²) >= 11 is 0. The number of carbonyl (C=O) groups is 2. The molecule has 3 unspecified atom stereocenters. The minimum atomic E-state index is -0.00881. The topological polar surface area (TPSA) is 84.2 Å². The first-order chi connectivity index (χ1) is 13.0. The van der Waals surface area contributed by atoms with Crippen molar-refractivity contribution in [3.63, 3.8) is 0 Å². The number of benzene rings is 1. The number of nitrogens with one attached hydrogen (secondary N) is 2. The van der Waals surface area contributed by atoms with Crippen LogP contribution in [0.25, 0.3) is 0 Å². The predicted octanol–water partition coefficient (Wildman–Crippen LogP) is 3.86. The zero-order chi connectivity index (χ0) is 19.4. The molecule has 0 aromatic heterocycles. The van der Waals surface area contributed by atoms with Gasteiger partial charge in [0.15, 0.2) is 0 Å². The van der Waals surface area contributed by atoms with Gasteiger partial charge in [-0.05, 0) is 61.6 Å². The Labute approximate surface area is 174 Å². The minimum absolute atomic E-state index is 0. The molecule has 0 spiro atoms. The number of amides is 2. The average molecular weight is 408 g/mol. The summed E-state index contributed by atoms with van der Waals surface area (Å²) in [5.74, 6) is 1.27. The molecule has 6 heteroatoms. The van der Waals surface area contributed by atoms with Crippen molar-refractivity contribution in [3.05, 3.63) is 29.8 Å². The fourth-order valence-corrected chi connectivity index (χ4v) is 4.55. The Bertz CT molecular complexity index is 668. The molecule has 0 saturated heterocycles. The number of rotatable bonds is 6. The number of anilines is 1. The third-order valence-electron chi connectivity index (χ3n) is 6.51. The van der Waals surface area contributed by atoms with Crippen LogP contribution in [0.2, 0.25) is 0 Å². The second kappa shape index (κ2) is 10.3. The standard InChI is InChI=1S/C22H33N3O2.ClH/c1-3-14(2)21(26)25-19-9-4-6-15(10-19)13-24-22(27)18-11-16-7-5-8-17(12-18)20(16)23;/h4,6,9-10,14,16-18,20H,3,5,7-8,11-13,23H2,1-2H3,(H,24,27)(H,25,26);1H. The Hall–Kier alpha value is -1.59. The molecule has 2 fully saturated rings. The first-order valence-corrected chi connectivity index (χ1v) is 10.4. The molecule has 1 aromatic rings. The number of halogens is 1. The van der Waals surface area contributed by atoms with Crippen LogP contribution in [0.5, 0.6) is 0 Å². The molecule has 2 bridgehead atoms. The van der Waals surface area contributed by atoms with Crippen molar-refractivity contribution < 1.29 is 9.59 Å². The van der Waals surface area contributed by atoms with E-state index in [-0.39, 0.29) is 42.1 Å². The molecule has 2 amide bonds. The van der Waals surface area contributed by atoms with Gasteiger partial charge < -0.3 is 16.4 Å². The normalized spacial score (nSPS) is 27.2. The predicted molar refractivity (Wildman–Crippen MR) is 115 cm³/mol. The highest BCUT2D eigenvalue weighted by Crippen LogP contribution is 2.41. The van der Waals surface area contributed by atoms with Gasteiger partial charge in [-0.25, -0.2) is 0 Å². The first kappa shape index (κ1) is 22.7. The van der Waals surface area contributed by atoms with E-state index in [0.717, 1.165) is 30.5 Å². The van der Waals surface area contributed by atoms with E-state index in [9.17, 15) is 9.59 Å². The van der Waals surface area contributed by atoms with Crippen LogP contribution in [0.1, 0.15) is 57.9 Å². The molecule has 28 heavy (non-hydrogen) atoms. The number of hydrogen-bond acceptors (Lipinski definition) is 3. The number of carbonyl (C=O) groups excluding carboxylic acids is 2. The van der Waals surface area contributed by atoms with Crippen LogP contribution in [0, 0.1) is 23.7 Å². The second-order valence-electron chi connectivity index (χ2n) is 8.41. The Balaban J connectivity index is 0.00000280. The zero-order valence-corrected chi connectivity index (χ0v) is 17.8. The van der Waals surface area contributed by atoms with Crippen molar-refractivity contribution in [3.8, 4) is 0 Å². The highest BCUT2D eigenvalue weighted by molar-refractivity contribution is 5.92. The molecule has 3 rings (SSSR count). The van der Waals surface area contributed by atoms with Crippen LogP contribution in [0.15, 0.2) is 24.3 Å². The highest BCUT2D eigenvalue weighted by Gasteiger charge is 2.40. The Morgan fingerprint density at radius 1 is 1.21 bits per heavy atom. The summed E-state index contributed by atoms with van der Waals surface area (Å²) < 4.78 is 0. The monoisotopic (exact) mass is 407 g/mol. The second-order valence-corrected chi connectivity index (χ2v) is 8.41. The van der Waals surface area contributed by atoms with Gasteiger partial charge in [0.2, 0.25) is 11.8 Å². The molecule has 2 aliphatic rings. The van der Waals surface area contributed by atoms with E-state index >= 15 is 0 Å². The molecule has 3 atom stereocenters. The van der Waals surface area contributed by atoms with Gasteiger partial charge in [-0.2, -0.15) is 0 Å². The molecule has 0 radical (unpaired) electrons. The van der Waals surface area contributed by atoms with Crippen LogP contribution in [-0.2, 0) is 16.1 Å². The van der Waals surface area contributed by atoms with Gasteiger partial charge in [-0.15, -0.1) is 12.4 Å². The van der Waals surface area contributed by atoms with Crippen LogP contribution in [0.4, 0.5) is 5.69 Å². The van der Waals surface area contributed by atoms with Gasteiger partial charge in [0.05, 0.1) is 0 Å². The van der Waals surface area contributed by atoms with Gasteiger partial charge in [-0.1, -0.05) is 32.4 Å². The van der Waals surface area contributed by atoms with E-state index in [0.29, 0.717) is 18.4 Å². The van der Waals surface area contributed by atoms with Crippen LogP contribution < -0.4 is 16.4 Å². The Kier molecular flexibility index (Phi) is 8.32. The smallest absolute Gasteiger partial charge is 0.227 e. The van der Waals surface area contributed by atoms with Gasteiger partial charge in [0, 0.05) is 30.1 Å². The molecule has 5 nitrogen and oxygen atoms in total. The maximum absolute atomic E-state index is 12.7. The summed E-state index contributed by atoms with van der Waals surface area (Å²) in [5.41, 5.74) is 8.11. The lowest BCUT2D eigenvalue weighted by Gasteiger charge is -2.43. The Morgan fingerprint density at radius 3 is 2.54 bits per heavy atom. The summed E-state index contributed by atoms with van der Waals surface area (Å²) in [5, 5.41) is 6.04. The molecular formula is C22H34ClN3O2. The summed E-state index contributed by atoms with van der Waals surface area (Å²) in [4.78, 5) is 24.7. The number of hydrogen-bond donors (Lipinski definition) is 3. The van der Waals surface area contributed by atoms with Crippen molar-refractivity contribution in [2.75, 3.05) is 5.32 Å². The molecule has 0 aliphatic heterocycles. The molecule has 1 aromatic carbocycles. The van der Waals surface area contributed by atoms with E-state index in [1.165, 1.54) is 19.3 Å². The highest BCUT2D eigenvalue weighted by atomic mass is 35.5. The lowest BCUT2D eigenvalue weighted by molar-refractivity contribution is -0.128. The lowest BCUT2D eigenvalue weighted by atomic mass is 9.65. The summed E-state index contributed by atoms with van der Waals surface area (Å²) in [6.07, 6.45) is 6.25. The molecular weight excluding hydrogens is 374 g/mol. The third kappa shape index (κ3) is 5.48. The van der Waals surface area contributed by atoms with Crippen molar-refractivity contribution >= 4 is 29.9 Å². The maximum atomic E-state index is 12.7. The number of fused-ring (bicyclic) bond motifs is 2.